The quantitative estimate of drug-likeness (QED) is 0.630. The Hall–Kier alpha value is -1.56. The number of carboxylic acid groups (broad SMARTS) is 1. The molecule has 98 valence electrons. The van der Waals surface area contributed by atoms with Crippen molar-refractivity contribution in [3.05, 3.63) is 23.9 Å². The van der Waals surface area contributed by atoms with E-state index in [2.05, 4.69) is 4.98 Å². The number of aromatic nitrogens is 1. The largest absolute Gasteiger partial charge is 0.478 e. The molecule has 1 heterocycles. The van der Waals surface area contributed by atoms with Gasteiger partial charge in [0, 0.05) is 6.20 Å². The van der Waals surface area contributed by atoms with E-state index in [1.165, 1.54) is 12.3 Å². The van der Waals surface area contributed by atoms with E-state index >= 15 is 0 Å². The number of aromatic carboxylic acids is 1. The lowest BCUT2D eigenvalue weighted by Crippen LogP contribution is -2.20. The second-order valence-electron chi connectivity index (χ2n) is 3.43. The second-order valence-corrected chi connectivity index (χ2v) is 4.62. The van der Waals surface area contributed by atoms with Gasteiger partial charge in [0.05, 0.1) is 12.2 Å². The predicted octanol–water partition coefficient (Wildman–Crippen LogP) is 2.21. The fourth-order valence-corrected chi connectivity index (χ4v) is 2.32. The van der Waals surface area contributed by atoms with Gasteiger partial charge in [0.25, 0.3) is 0 Å². The number of thioether (sulfide) groups is 1. The third-order valence-corrected chi connectivity index (χ3v) is 3.53. The molecule has 0 saturated heterocycles. The van der Waals surface area contributed by atoms with Gasteiger partial charge in [-0.1, -0.05) is 18.7 Å². The van der Waals surface area contributed by atoms with Gasteiger partial charge in [-0.15, -0.1) is 0 Å². The number of esters is 1. The van der Waals surface area contributed by atoms with Crippen molar-refractivity contribution < 1.29 is 19.4 Å². The number of ether oxygens (including phenoxy) is 1. The molecular formula is C12H15NO4S. The van der Waals surface area contributed by atoms with Crippen molar-refractivity contribution in [1.29, 1.82) is 0 Å². The molecule has 0 fully saturated rings. The third kappa shape index (κ3) is 3.73. The zero-order valence-electron chi connectivity index (χ0n) is 10.3. The van der Waals surface area contributed by atoms with Crippen LogP contribution in [0.5, 0.6) is 0 Å². The minimum atomic E-state index is -1.05. The Morgan fingerprint density at radius 1 is 1.50 bits per heavy atom. The number of hydrogen-bond donors (Lipinski definition) is 1. The second kappa shape index (κ2) is 7.00. The van der Waals surface area contributed by atoms with Crippen LogP contribution in [0, 0.1) is 0 Å². The highest BCUT2D eigenvalue weighted by Crippen LogP contribution is 2.27. The predicted molar refractivity (Wildman–Crippen MR) is 67.8 cm³/mol. The fourth-order valence-electron chi connectivity index (χ4n) is 1.32. The van der Waals surface area contributed by atoms with Gasteiger partial charge < -0.3 is 9.84 Å². The summed E-state index contributed by atoms with van der Waals surface area (Å²) in [5.74, 6) is -1.39. The SMILES string of the molecule is CCOC(=O)C(CC)Sc1ncccc1C(=O)O. The number of carboxylic acids is 1. The summed E-state index contributed by atoms with van der Waals surface area (Å²) >= 11 is 1.13. The van der Waals surface area contributed by atoms with Crippen LogP contribution in [0.4, 0.5) is 0 Å². The molecule has 0 aromatic carbocycles. The summed E-state index contributed by atoms with van der Waals surface area (Å²) in [6.07, 6.45) is 2.06. The third-order valence-electron chi connectivity index (χ3n) is 2.18. The summed E-state index contributed by atoms with van der Waals surface area (Å²) in [5, 5.41) is 8.93. The first-order valence-corrected chi connectivity index (χ1v) is 6.49. The van der Waals surface area contributed by atoms with E-state index in [0.29, 0.717) is 18.1 Å². The maximum atomic E-state index is 11.6. The summed E-state index contributed by atoms with van der Waals surface area (Å²) < 4.78 is 4.93. The van der Waals surface area contributed by atoms with Crippen molar-refractivity contribution in [2.24, 2.45) is 0 Å². The van der Waals surface area contributed by atoms with Gasteiger partial charge in [0.15, 0.2) is 0 Å². The van der Waals surface area contributed by atoms with Gasteiger partial charge >= 0.3 is 11.9 Å². The van der Waals surface area contributed by atoms with E-state index in [-0.39, 0.29) is 11.5 Å². The Labute approximate surface area is 110 Å². The summed E-state index contributed by atoms with van der Waals surface area (Å²) in [4.78, 5) is 26.7. The molecule has 0 aliphatic heterocycles. The van der Waals surface area contributed by atoms with Crippen molar-refractivity contribution >= 4 is 23.7 Å². The molecule has 5 nitrogen and oxygen atoms in total. The molecule has 0 saturated carbocycles. The molecule has 18 heavy (non-hydrogen) atoms. The number of hydrogen-bond acceptors (Lipinski definition) is 5. The highest BCUT2D eigenvalue weighted by Gasteiger charge is 2.22. The summed E-state index contributed by atoms with van der Waals surface area (Å²) in [7, 11) is 0. The molecule has 0 bridgehead atoms. The highest BCUT2D eigenvalue weighted by molar-refractivity contribution is 8.00. The van der Waals surface area contributed by atoms with Crippen LogP contribution in [0.15, 0.2) is 23.4 Å². The van der Waals surface area contributed by atoms with Crippen LogP contribution in [0.1, 0.15) is 30.6 Å². The molecule has 0 aliphatic carbocycles. The average Bonchev–Trinajstić information content (AvgIpc) is 2.36. The van der Waals surface area contributed by atoms with E-state index in [1.807, 2.05) is 6.92 Å². The molecular weight excluding hydrogens is 254 g/mol. The number of carbonyl (C=O) groups excluding carboxylic acids is 1. The molecule has 1 aromatic heterocycles. The molecule has 0 aliphatic rings. The number of pyridine rings is 1. The van der Waals surface area contributed by atoms with Gasteiger partial charge in [0.1, 0.15) is 10.3 Å². The summed E-state index contributed by atoms with van der Waals surface area (Å²) in [5.41, 5.74) is 0.102. The van der Waals surface area contributed by atoms with Crippen LogP contribution < -0.4 is 0 Å². The number of carbonyl (C=O) groups is 2. The van der Waals surface area contributed by atoms with Crippen molar-refractivity contribution in [2.45, 2.75) is 30.5 Å². The number of rotatable bonds is 6. The minimum absolute atomic E-state index is 0.102. The van der Waals surface area contributed by atoms with E-state index in [1.54, 1.807) is 13.0 Å². The lowest BCUT2D eigenvalue weighted by atomic mass is 10.3. The molecule has 1 rings (SSSR count). The lowest BCUT2D eigenvalue weighted by Gasteiger charge is -2.13. The van der Waals surface area contributed by atoms with Gasteiger partial charge in [-0.2, -0.15) is 0 Å². The van der Waals surface area contributed by atoms with E-state index < -0.39 is 11.2 Å². The summed E-state index contributed by atoms with van der Waals surface area (Å²) in [6.45, 7) is 3.89. The molecule has 1 N–H and O–H groups in total. The zero-order chi connectivity index (χ0) is 13.5. The van der Waals surface area contributed by atoms with Crippen LogP contribution in [0.3, 0.4) is 0 Å². The summed E-state index contributed by atoms with van der Waals surface area (Å²) in [6, 6.07) is 3.02. The first kappa shape index (κ1) is 14.5. The minimum Gasteiger partial charge on any atom is -0.478 e. The Morgan fingerprint density at radius 2 is 2.22 bits per heavy atom. The van der Waals surface area contributed by atoms with Crippen LogP contribution in [0.2, 0.25) is 0 Å². The Morgan fingerprint density at radius 3 is 2.78 bits per heavy atom. The van der Waals surface area contributed by atoms with E-state index in [4.69, 9.17) is 9.84 Å². The maximum absolute atomic E-state index is 11.6. The van der Waals surface area contributed by atoms with Crippen molar-refractivity contribution in [3.8, 4) is 0 Å². The van der Waals surface area contributed by atoms with E-state index in [0.717, 1.165) is 11.8 Å². The Bertz CT molecular complexity index is 436. The molecule has 1 atom stereocenters. The van der Waals surface area contributed by atoms with Gasteiger partial charge in [-0.25, -0.2) is 9.78 Å². The molecule has 1 unspecified atom stereocenters. The monoisotopic (exact) mass is 269 g/mol. The molecule has 0 amide bonds. The van der Waals surface area contributed by atoms with Crippen LogP contribution in [-0.2, 0) is 9.53 Å². The van der Waals surface area contributed by atoms with Crippen molar-refractivity contribution in [1.82, 2.24) is 4.98 Å². The number of nitrogens with zero attached hydrogens (tertiary/aromatic N) is 1. The van der Waals surface area contributed by atoms with Crippen molar-refractivity contribution in [2.75, 3.05) is 6.61 Å². The standard InChI is InChI=1S/C12H15NO4S/c1-3-9(12(16)17-4-2)18-10-8(11(14)15)6-5-7-13-10/h5-7,9H,3-4H2,1-2H3,(H,14,15). The van der Waals surface area contributed by atoms with Gasteiger partial charge in [0.2, 0.25) is 0 Å². The van der Waals surface area contributed by atoms with Crippen LogP contribution in [0.25, 0.3) is 0 Å². The van der Waals surface area contributed by atoms with Crippen molar-refractivity contribution in [3.63, 3.8) is 0 Å². The van der Waals surface area contributed by atoms with E-state index in [9.17, 15) is 9.59 Å². The normalized spacial score (nSPS) is 11.9. The molecule has 6 heteroatoms. The first-order valence-electron chi connectivity index (χ1n) is 5.61. The Balaban J connectivity index is 2.88. The first-order chi connectivity index (χ1) is 8.60. The smallest absolute Gasteiger partial charge is 0.338 e. The van der Waals surface area contributed by atoms with Crippen LogP contribution >= 0.6 is 11.8 Å². The average molecular weight is 269 g/mol. The fraction of sp³-hybridized carbons (Fsp3) is 0.417. The topological polar surface area (TPSA) is 76.5 Å². The van der Waals surface area contributed by atoms with Crippen LogP contribution in [-0.4, -0.2) is 33.9 Å². The zero-order valence-corrected chi connectivity index (χ0v) is 11.1. The maximum Gasteiger partial charge on any atom is 0.338 e. The lowest BCUT2D eigenvalue weighted by molar-refractivity contribution is -0.142. The van der Waals surface area contributed by atoms with Gasteiger partial charge in [-0.3, -0.25) is 4.79 Å². The molecule has 0 radical (unpaired) electrons. The van der Waals surface area contributed by atoms with Gasteiger partial charge in [-0.05, 0) is 25.5 Å². The molecule has 1 aromatic rings. The highest BCUT2D eigenvalue weighted by atomic mass is 32.2. The molecule has 0 spiro atoms. The Kier molecular flexibility index (Phi) is 5.64.